The van der Waals surface area contributed by atoms with Gasteiger partial charge in [-0.05, 0) is 30.0 Å². The van der Waals surface area contributed by atoms with Crippen molar-refractivity contribution in [3.05, 3.63) is 47.4 Å². The molecule has 0 bridgehead atoms. The predicted octanol–water partition coefficient (Wildman–Crippen LogP) is 1.81. The van der Waals surface area contributed by atoms with E-state index in [1.54, 1.807) is 6.07 Å². The van der Waals surface area contributed by atoms with E-state index in [1.807, 2.05) is 6.07 Å². The molecule has 2 aromatic rings. The van der Waals surface area contributed by atoms with Crippen molar-refractivity contribution in [2.24, 2.45) is 0 Å². The van der Waals surface area contributed by atoms with Crippen LogP contribution in [0.1, 0.15) is 41.7 Å². The standard InChI is InChI=1S/C16H18FN3O4S/c1-25(21,22)20-5-6-23-14(9-20)16-19-18-15(24-16)13-8-12(13)10-3-2-4-11(17)7-10/h2-4,7,12-14H,5-6,8-9H2,1H3/t12-,13+,14-/m0/s1. The molecule has 1 saturated carbocycles. The molecule has 3 atom stereocenters. The van der Waals surface area contributed by atoms with Crippen molar-refractivity contribution >= 4 is 10.0 Å². The normalized spacial score (nSPS) is 27.4. The molecule has 0 amide bonds. The van der Waals surface area contributed by atoms with Gasteiger partial charge in [0.25, 0.3) is 0 Å². The maximum atomic E-state index is 13.3. The van der Waals surface area contributed by atoms with Gasteiger partial charge in [0.15, 0.2) is 0 Å². The van der Waals surface area contributed by atoms with Crippen LogP contribution in [-0.2, 0) is 14.8 Å². The fourth-order valence-corrected chi connectivity index (χ4v) is 3.99. The number of rotatable bonds is 4. The van der Waals surface area contributed by atoms with Gasteiger partial charge in [-0.25, -0.2) is 12.8 Å². The second kappa shape index (κ2) is 6.15. The molecular formula is C16H18FN3O4S. The number of hydrogen-bond acceptors (Lipinski definition) is 6. The van der Waals surface area contributed by atoms with Crippen LogP contribution in [0.25, 0.3) is 0 Å². The number of benzene rings is 1. The van der Waals surface area contributed by atoms with Gasteiger partial charge in [0.2, 0.25) is 21.8 Å². The highest BCUT2D eigenvalue weighted by molar-refractivity contribution is 7.88. The van der Waals surface area contributed by atoms with Gasteiger partial charge >= 0.3 is 0 Å². The second-order valence-corrected chi connectivity index (χ2v) is 8.45. The lowest BCUT2D eigenvalue weighted by Gasteiger charge is -2.29. The summed E-state index contributed by atoms with van der Waals surface area (Å²) in [6.45, 7) is 0.768. The minimum Gasteiger partial charge on any atom is -0.422 e. The Kier molecular flexibility index (Phi) is 4.09. The Morgan fingerprint density at radius 3 is 2.80 bits per heavy atom. The molecule has 1 aromatic heterocycles. The minimum absolute atomic E-state index is 0.0673. The number of halogens is 1. The highest BCUT2D eigenvalue weighted by Gasteiger charge is 2.44. The molecule has 0 radical (unpaired) electrons. The Hall–Kier alpha value is -1.84. The summed E-state index contributed by atoms with van der Waals surface area (Å²) >= 11 is 0. The third-order valence-electron chi connectivity index (χ3n) is 4.61. The Bertz CT molecular complexity index is 885. The summed E-state index contributed by atoms with van der Waals surface area (Å²) in [5.41, 5.74) is 0.918. The van der Waals surface area contributed by atoms with Crippen molar-refractivity contribution in [2.45, 2.75) is 24.4 Å². The average molecular weight is 367 g/mol. The van der Waals surface area contributed by atoms with E-state index in [9.17, 15) is 12.8 Å². The van der Waals surface area contributed by atoms with Gasteiger partial charge in [-0.2, -0.15) is 4.31 Å². The minimum atomic E-state index is -3.28. The Labute approximate surface area is 144 Å². The lowest BCUT2D eigenvalue weighted by atomic mass is 10.1. The van der Waals surface area contributed by atoms with Crippen LogP contribution in [0.15, 0.2) is 28.7 Å². The van der Waals surface area contributed by atoms with Crippen molar-refractivity contribution < 1.29 is 22.0 Å². The average Bonchev–Trinajstić information content (AvgIpc) is 3.23. The van der Waals surface area contributed by atoms with Gasteiger partial charge in [0, 0.05) is 19.0 Å². The Balaban J connectivity index is 1.46. The quantitative estimate of drug-likeness (QED) is 0.819. The third kappa shape index (κ3) is 3.44. The molecule has 4 rings (SSSR count). The maximum absolute atomic E-state index is 13.3. The largest absolute Gasteiger partial charge is 0.422 e. The van der Waals surface area contributed by atoms with E-state index in [2.05, 4.69) is 10.2 Å². The van der Waals surface area contributed by atoms with Gasteiger partial charge in [-0.15, -0.1) is 10.2 Å². The Morgan fingerprint density at radius 1 is 1.24 bits per heavy atom. The zero-order valence-corrected chi connectivity index (χ0v) is 14.4. The van der Waals surface area contributed by atoms with Gasteiger partial charge in [-0.3, -0.25) is 0 Å². The van der Waals surface area contributed by atoms with Crippen molar-refractivity contribution in [1.82, 2.24) is 14.5 Å². The van der Waals surface area contributed by atoms with E-state index in [0.717, 1.165) is 12.0 Å². The number of hydrogen-bond donors (Lipinski definition) is 0. The van der Waals surface area contributed by atoms with Gasteiger partial charge in [-0.1, -0.05) is 12.1 Å². The van der Waals surface area contributed by atoms with E-state index in [0.29, 0.717) is 12.4 Å². The van der Waals surface area contributed by atoms with E-state index < -0.39 is 16.1 Å². The molecule has 2 fully saturated rings. The third-order valence-corrected chi connectivity index (χ3v) is 5.88. The second-order valence-electron chi connectivity index (χ2n) is 6.46. The van der Waals surface area contributed by atoms with Crippen LogP contribution >= 0.6 is 0 Å². The molecule has 2 heterocycles. The number of sulfonamides is 1. The molecule has 9 heteroatoms. The molecule has 0 unspecified atom stereocenters. The summed E-state index contributed by atoms with van der Waals surface area (Å²) in [6.07, 6.45) is 1.44. The lowest BCUT2D eigenvalue weighted by Crippen LogP contribution is -2.41. The smallest absolute Gasteiger partial charge is 0.246 e. The molecule has 1 aliphatic heterocycles. The first-order valence-corrected chi connectivity index (χ1v) is 9.92. The highest BCUT2D eigenvalue weighted by atomic mass is 32.2. The van der Waals surface area contributed by atoms with Crippen LogP contribution in [-0.4, -0.2) is 48.9 Å². The molecule has 1 aromatic carbocycles. The molecule has 1 saturated heterocycles. The first-order chi connectivity index (χ1) is 11.9. The fraction of sp³-hybridized carbons (Fsp3) is 0.500. The zero-order valence-electron chi connectivity index (χ0n) is 13.6. The van der Waals surface area contributed by atoms with Crippen LogP contribution in [0.3, 0.4) is 0 Å². The van der Waals surface area contributed by atoms with Crippen LogP contribution in [0.2, 0.25) is 0 Å². The summed E-state index contributed by atoms with van der Waals surface area (Å²) in [7, 11) is -3.28. The van der Waals surface area contributed by atoms with Crippen molar-refractivity contribution in [2.75, 3.05) is 26.0 Å². The number of ether oxygens (including phenoxy) is 1. The molecular weight excluding hydrogens is 349 g/mol. The lowest BCUT2D eigenvalue weighted by molar-refractivity contribution is -0.0176. The van der Waals surface area contributed by atoms with E-state index in [1.165, 1.54) is 22.7 Å². The number of morpholine rings is 1. The predicted molar refractivity (Wildman–Crippen MR) is 85.9 cm³/mol. The number of aromatic nitrogens is 2. The summed E-state index contributed by atoms with van der Waals surface area (Å²) in [5, 5.41) is 8.11. The summed E-state index contributed by atoms with van der Waals surface area (Å²) in [6, 6.07) is 6.52. The Morgan fingerprint density at radius 2 is 2.04 bits per heavy atom. The molecule has 25 heavy (non-hydrogen) atoms. The van der Waals surface area contributed by atoms with Crippen LogP contribution in [0.4, 0.5) is 4.39 Å². The monoisotopic (exact) mass is 367 g/mol. The SMILES string of the molecule is CS(=O)(=O)N1CCO[C@H](c2nnc([C@@H]3C[C@H]3c3cccc(F)c3)o2)C1. The molecule has 7 nitrogen and oxygen atoms in total. The number of nitrogens with zero attached hydrogens (tertiary/aromatic N) is 3. The van der Waals surface area contributed by atoms with E-state index in [-0.39, 0.29) is 36.7 Å². The van der Waals surface area contributed by atoms with Crippen LogP contribution in [0, 0.1) is 5.82 Å². The van der Waals surface area contributed by atoms with Gasteiger partial charge < -0.3 is 9.15 Å². The maximum Gasteiger partial charge on any atom is 0.246 e. The highest BCUT2D eigenvalue weighted by Crippen LogP contribution is 2.54. The molecule has 0 N–H and O–H groups in total. The van der Waals surface area contributed by atoms with Crippen molar-refractivity contribution in [3.8, 4) is 0 Å². The van der Waals surface area contributed by atoms with Gasteiger partial charge in [0.1, 0.15) is 11.9 Å². The fourth-order valence-electron chi connectivity index (χ4n) is 3.18. The van der Waals surface area contributed by atoms with Crippen molar-refractivity contribution in [3.63, 3.8) is 0 Å². The van der Waals surface area contributed by atoms with Gasteiger partial charge in [0.05, 0.1) is 12.9 Å². The first kappa shape index (κ1) is 16.6. The van der Waals surface area contributed by atoms with Crippen LogP contribution in [0.5, 0.6) is 0 Å². The topological polar surface area (TPSA) is 85.5 Å². The molecule has 2 aliphatic rings. The summed E-state index contributed by atoms with van der Waals surface area (Å²) in [4.78, 5) is 0. The van der Waals surface area contributed by atoms with E-state index >= 15 is 0 Å². The molecule has 0 spiro atoms. The first-order valence-electron chi connectivity index (χ1n) is 8.07. The van der Waals surface area contributed by atoms with Crippen LogP contribution < -0.4 is 0 Å². The summed E-state index contributed by atoms with van der Waals surface area (Å²) < 4.78 is 49.4. The molecule has 134 valence electrons. The zero-order chi connectivity index (χ0) is 17.6. The van der Waals surface area contributed by atoms with Crippen molar-refractivity contribution in [1.29, 1.82) is 0 Å². The molecule has 1 aliphatic carbocycles. The van der Waals surface area contributed by atoms with E-state index in [4.69, 9.17) is 9.15 Å². The summed E-state index contributed by atoms with van der Waals surface area (Å²) in [5.74, 6) is 0.755.